The molecule has 2 aliphatic heterocycles. The number of rotatable bonds is 8. The Morgan fingerprint density at radius 2 is 2.12 bits per heavy atom. The molecule has 32 heavy (non-hydrogen) atoms. The number of pyridine rings is 1. The van der Waals surface area contributed by atoms with E-state index >= 15 is 0 Å². The van der Waals surface area contributed by atoms with Gasteiger partial charge in [0.05, 0.1) is 11.3 Å². The third kappa shape index (κ3) is 5.92. The normalized spacial score (nSPS) is 17.7. The number of thioether (sulfide) groups is 1. The molecule has 4 rings (SSSR count). The highest BCUT2D eigenvalue weighted by molar-refractivity contribution is 8.00. The molecule has 0 radical (unpaired) electrons. The van der Waals surface area contributed by atoms with Crippen molar-refractivity contribution in [3.63, 3.8) is 0 Å². The van der Waals surface area contributed by atoms with Crippen molar-refractivity contribution >= 4 is 29.3 Å². The Morgan fingerprint density at radius 1 is 1.25 bits per heavy atom. The standard InChI is InChI=1S/C23H28N4O4S/c1-16-4-3-10-27(13-16)11-9-24-22(29)18-5-2-8-25-23(18)32-14-21(28)26-17-6-7-19-20(12-17)31-15-30-19/h2,5-8,12,16H,3-4,9-11,13-15H2,1H3,(H,24,29)(H,26,28)/t16-/m0/s1. The molecule has 8 nitrogen and oxygen atoms in total. The summed E-state index contributed by atoms with van der Waals surface area (Å²) in [6.45, 7) is 6.07. The van der Waals surface area contributed by atoms with Crippen molar-refractivity contribution in [3.8, 4) is 11.5 Å². The molecular weight excluding hydrogens is 428 g/mol. The largest absolute Gasteiger partial charge is 0.454 e. The lowest BCUT2D eigenvalue weighted by atomic mass is 10.0. The van der Waals surface area contributed by atoms with Gasteiger partial charge in [0.1, 0.15) is 5.03 Å². The smallest absolute Gasteiger partial charge is 0.254 e. The maximum atomic E-state index is 12.7. The van der Waals surface area contributed by atoms with E-state index in [1.54, 1.807) is 36.5 Å². The first-order valence-corrected chi connectivity index (χ1v) is 11.8. The van der Waals surface area contributed by atoms with Gasteiger partial charge >= 0.3 is 0 Å². The zero-order valence-corrected chi connectivity index (χ0v) is 19.0. The average Bonchev–Trinajstić information content (AvgIpc) is 3.26. The molecule has 1 aromatic carbocycles. The molecule has 2 N–H and O–H groups in total. The van der Waals surface area contributed by atoms with Crippen LogP contribution in [0.15, 0.2) is 41.6 Å². The number of hydrogen-bond donors (Lipinski definition) is 2. The fraction of sp³-hybridized carbons (Fsp3) is 0.435. The molecule has 2 aromatic rings. The maximum absolute atomic E-state index is 12.7. The van der Waals surface area contributed by atoms with Crippen LogP contribution in [0.4, 0.5) is 5.69 Å². The number of piperidine rings is 1. The zero-order chi connectivity index (χ0) is 22.3. The van der Waals surface area contributed by atoms with Gasteiger partial charge in [-0.15, -0.1) is 0 Å². The van der Waals surface area contributed by atoms with Crippen molar-refractivity contribution in [2.24, 2.45) is 5.92 Å². The number of benzene rings is 1. The van der Waals surface area contributed by atoms with Crippen LogP contribution in [0.1, 0.15) is 30.1 Å². The van der Waals surface area contributed by atoms with Crippen LogP contribution < -0.4 is 20.1 Å². The summed E-state index contributed by atoms with van der Waals surface area (Å²) in [5.41, 5.74) is 1.12. The van der Waals surface area contributed by atoms with Gasteiger partial charge in [-0.05, 0) is 49.6 Å². The Morgan fingerprint density at radius 3 is 3.00 bits per heavy atom. The number of ether oxygens (including phenoxy) is 2. The molecule has 9 heteroatoms. The quantitative estimate of drug-likeness (QED) is 0.590. The Kier molecular flexibility index (Phi) is 7.49. The third-order valence-corrected chi connectivity index (χ3v) is 6.47. The summed E-state index contributed by atoms with van der Waals surface area (Å²) in [7, 11) is 0. The van der Waals surface area contributed by atoms with Crippen LogP contribution in [0.25, 0.3) is 0 Å². The van der Waals surface area contributed by atoms with E-state index in [-0.39, 0.29) is 24.4 Å². The molecular formula is C23H28N4O4S. The fourth-order valence-electron chi connectivity index (χ4n) is 3.90. The summed E-state index contributed by atoms with van der Waals surface area (Å²) in [5.74, 6) is 1.77. The summed E-state index contributed by atoms with van der Waals surface area (Å²) < 4.78 is 10.6. The molecule has 170 valence electrons. The number of nitrogens with zero attached hydrogens (tertiary/aromatic N) is 2. The molecule has 2 amide bonds. The number of fused-ring (bicyclic) bond motifs is 1. The molecule has 2 aliphatic rings. The molecule has 0 unspecified atom stereocenters. The SMILES string of the molecule is C[C@H]1CCCN(CCNC(=O)c2cccnc2SCC(=O)Nc2ccc3c(c2)OCO3)C1. The minimum Gasteiger partial charge on any atom is -0.454 e. The van der Waals surface area contributed by atoms with Gasteiger partial charge < -0.3 is 25.0 Å². The number of likely N-dealkylation sites (tertiary alicyclic amines) is 1. The van der Waals surface area contributed by atoms with E-state index in [1.165, 1.54) is 24.6 Å². The lowest BCUT2D eigenvalue weighted by Crippen LogP contribution is -2.40. The van der Waals surface area contributed by atoms with E-state index in [4.69, 9.17) is 9.47 Å². The molecule has 1 saturated heterocycles. The fourth-order valence-corrected chi connectivity index (χ4v) is 4.69. The number of carbonyl (C=O) groups is 2. The molecule has 3 heterocycles. The van der Waals surface area contributed by atoms with Crippen LogP contribution in [-0.2, 0) is 4.79 Å². The maximum Gasteiger partial charge on any atom is 0.254 e. The Bertz CT molecular complexity index is 971. The van der Waals surface area contributed by atoms with Crippen molar-refractivity contribution < 1.29 is 19.1 Å². The van der Waals surface area contributed by atoms with E-state index in [0.717, 1.165) is 19.6 Å². The second-order valence-corrected chi connectivity index (χ2v) is 9.03. The molecule has 0 saturated carbocycles. The van der Waals surface area contributed by atoms with Gasteiger partial charge in [0, 0.05) is 37.6 Å². The number of nitrogens with one attached hydrogen (secondary N) is 2. The van der Waals surface area contributed by atoms with Crippen molar-refractivity contribution in [3.05, 3.63) is 42.1 Å². The van der Waals surface area contributed by atoms with Crippen LogP contribution in [0, 0.1) is 5.92 Å². The highest BCUT2D eigenvalue weighted by atomic mass is 32.2. The Hall–Kier alpha value is -2.78. The minimum atomic E-state index is -0.190. The summed E-state index contributed by atoms with van der Waals surface area (Å²) in [6, 6.07) is 8.73. The Balaban J connectivity index is 1.27. The minimum absolute atomic E-state index is 0.136. The van der Waals surface area contributed by atoms with Crippen molar-refractivity contribution in [1.29, 1.82) is 0 Å². The first-order chi connectivity index (χ1) is 15.6. The summed E-state index contributed by atoms with van der Waals surface area (Å²) >= 11 is 1.24. The number of anilines is 1. The topological polar surface area (TPSA) is 92.8 Å². The first-order valence-electron chi connectivity index (χ1n) is 10.9. The van der Waals surface area contributed by atoms with Gasteiger partial charge in [-0.3, -0.25) is 9.59 Å². The van der Waals surface area contributed by atoms with Gasteiger partial charge in [-0.1, -0.05) is 18.7 Å². The average molecular weight is 457 g/mol. The second kappa shape index (κ2) is 10.7. The van der Waals surface area contributed by atoms with Crippen molar-refractivity contribution in [1.82, 2.24) is 15.2 Å². The van der Waals surface area contributed by atoms with Crippen LogP contribution in [0.3, 0.4) is 0 Å². The van der Waals surface area contributed by atoms with Gasteiger partial charge in [-0.25, -0.2) is 4.98 Å². The second-order valence-electron chi connectivity index (χ2n) is 8.06. The van der Waals surface area contributed by atoms with Gasteiger partial charge in [-0.2, -0.15) is 0 Å². The van der Waals surface area contributed by atoms with Crippen LogP contribution >= 0.6 is 11.8 Å². The van der Waals surface area contributed by atoms with E-state index in [2.05, 4.69) is 27.4 Å². The van der Waals surface area contributed by atoms with E-state index in [0.29, 0.717) is 40.2 Å². The summed E-state index contributed by atoms with van der Waals surface area (Å²) in [5, 5.41) is 6.37. The predicted molar refractivity (Wildman–Crippen MR) is 123 cm³/mol. The molecule has 1 aromatic heterocycles. The predicted octanol–water partition coefficient (Wildman–Crippen LogP) is 3.00. The molecule has 0 bridgehead atoms. The molecule has 1 fully saturated rings. The lowest BCUT2D eigenvalue weighted by molar-refractivity contribution is -0.113. The highest BCUT2D eigenvalue weighted by Crippen LogP contribution is 2.34. The molecule has 0 spiro atoms. The van der Waals surface area contributed by atoms with Crippen LogP contribution in [0.2, 0.25) is 0 Å². The van der Waals surface area contributed by atoms with E-state index in [9.17, 15) is 9.59 Å². The third-order valence-electron chi connectivity index (χ3n) is 5.47. The Labute approximate surface area is 192 Å². The van der Waals surface area contributed by atoms with Gasteiger partial charge in [0.2, 0.25) is 12.7 Å². The van der Waals surface area contributed by atoms with Crippen LogP contribution in [0.5, 0.6) is 11.5 Å². The number of aromatic nitrogens is 1. The van der Waals surface area contributed by atoms with Crippen molar-refractivity contribution in [2.75, 3.05) is 44.0 Å². The molecule has 0 aliphatic carbocycles. The summed E-state index contributed by atoms with van der Waals surface area (Å²) in [4.78, 5) is 31.8. The summed E-state index contributed by atoms with van der Waals surface area (Å²) in [6.07, 6.45) is 4.12. The lowest BCUT2D eigenvalue weighted by Gasteiger charge is -2.30. The number of hydrogen-bond acceptors (Lipinski definition) is 7. The number of amides is 2. The number of carbonyl (C=O) groups excluding carboxylic acids is 2. The molecule has 1 atom stereocenters. The van der Waals surface area contributed by atoms with Crippen molar-refractivity contribution in [2.45, 2.75) is 24.8 Å². The van der Waals surface area contributed by atoms with Gasteiger partial charge in [0.25, 0.3) is 5.91 Å². The first kappa shape index (κ1) is 22.4. The van der Waals surface area contributed by atoms with E-state index < -0.39 is 0 Å². The van der Waals surface area contributed by atoms with Crippen LogP contribution in [-0.4, -0.2) is 60.4 Å². The zero-order valence-electron chi connectivity index (χ0n) is 18.1. The van der Waals surface area contributed by atoms with E-state index in [1.807, 2.05) is 0 Å². The van der Waals surface area contributed by atoms with Gasteiger partial charge in [0.15, 0.2) is 11.5 Å². The highest BCUT2D eigenvalue weighted by Gasteiger charge is 2.18. The monoisotopic (exact) mass is 456 g/mol.